The van der Waals surface area contributed by atoms with Gasteiger partial charge < -0.3 is 9.88 Å². The largest absolute Gasteiger partial charge is 0.338 e. The van der Waals surface area contributed by atoms with Crippen LogP contribution in [0.1, 0.15) is 41.9 Å². The molecule has 0 unspecified atom stereocenters. The van der Waals surface area contributed by atoms with E-state index in [4.69, 9.17) is 4.98 Å². The van der Waals surface area contributed by atoms with E-state index in [0.717, 1.165) is 39.2 Å². The quantitative estimate of drug-likeness (QED) is 0.460. The number of carbonyl (C=O) groups excluding carboxylic acids is 1. The molecule has 4 heteroatoms. The van der Waals surface area contributed by atoms with Crippen molar-refractivity contribution in [3.63, 3.8) is 0 Å². The molecule has 31 heavy (non-hydrogen) atoms. The molecular weight excluding hydrogens is 382 g/mol. The van der Waals surface area contributed by atoms with E-state index in [1.165, 1.54) is 5.56 Å². The standard InChI is InChI=1S/C27H25N3O/c1-18-9-11-20(12-10-18)17-30-24-16-23-22(15-21(24)27(2,3)26(30)31)28-25(29-23)14-13-19-7-5-4-6-8-19/h4-16H,17H2,1-3H3,(H,28,29)/b14-13+. The highest BCUT2D eigenvalue weighted by atomic mass is 16.2. The van der Waals surface area contributed by atoms with Crippen molar-refractivity contribution in [3.8, 4) is 0 Å². The third kappa shape index (κ3) is 3.44. The Balaban J connectivity index is 1.52. The highest BCUT2D eigenvalue weighted by Crippen LogP contribution is 2.44. The smallest absolute Gasteiger partial charge is 0.237 e. The van der Waals surface area contributed by atoms with Crippen molar-refractivity contribution in [1.29, 1.82) is 0 Å². The Morgan fingerprint density at radius 2 is 1.74 bits per heavy atom. The summed E-state index contributed by atoms with van der Waals surface area (Å²) in [5.41, 5.74) is 6.70. The molecule has 1 aliphatic heterocycles. The molecule has 4 aromatic rings. The van der Waals surface area contributed by atoms with Gasteiger partial charge in [0.1, 0.15) is 5.82 Å². The SMILES string of the molecule is Cc1ccc(CN2C(=O)C(C)(C)c3cc4[nH]c(/C=C/c5ccccc5)nc4cc32)cc1. The van der Waals surface area contributed by atoms with Crippen LogP contribution in [0.15, 0.2) is 66.7 Å². The zero-order valence-electron chi connectivity index (χ0n) is 18.0. The van der Waals surface area contributed by atoms with Crippen molar-refractivity contribution in [2.45, 2.75) is 32.7 Å². The molecule has 154 valence electrons. The third-order valence-electron chi connectivity index (χ3n) is 6.06. The lowest BCUT2D eigenvalue weighted by Gasteiger charge is -2.20. The topological polar surface area (TPSA) is 49.0 Å². The number of amides is 1. The van der Waals surface area contributed by atoms with Gasteiger partial charge in [0.25, 0.3) is 0 Å². The molecule has 1 aliphatic rings. The van der Waals surface area contributed by atoms with E-state index in [9.17, 15) is 4.79 Å². The lowest BCUT2D eigenvalue weighted by atomic mass is 9.86. The van der Waals surface area contributed by atoms with E-state index in [1.54, 1.807) is 0 Å². The van der Waals surface area contributed by atoms with Crippen LogP contribution in [-0.2, 0) is 16.8 Å². The number of hydrogen-bond acceptors (Lipinski definition) is 2. The molecule has 0 atom stereocenters. The second-order valence-electron chi connectivity index (χ2n) is 8.75. The minimum Gasteiger partial charge on any atom is -0.338 e. The highest BCUT2D eigenvalue weighted by molar-refractivity contribution is 6.09. The molecule has 1 aromatic heterocycles. The summed E-state index contributed by atoms with van der Waals surface area (Å²) in [4.78, 5) is 23.3. The molecule has 0 spiro atoms. The van der Waals surface area contributed by atoms with Gasteiger partial charge >= 0.3 is 0 Å². The van der Waals surface area contributed by atoms with Gasteiger partial charge in [-0.3, -0.25) is 4.79 Å². The molecule has 2 heterocycles. The van der Waals surface area contributed by atoms with Gasteiger partial charge in [-0.2, -0.15) is 0 Å². The van der Waals surface area contributed by atoms with Crippen molar-refractivity contribution in [2.75, 3.05) is 4.90 Å². The predicted octanol–water partition coefficient (Wildman–Crippen LogP) is 5.87. The Morgan fingerprint density at radius 1 is 1.00 bits per heavy atom. The highest BCUT2D eigenvalue weighted by Gasteiger charge is 2.44. The summed E-state index contributed by atoms with van der Waals surface area (Å²) in [5.74, 6) is 0.927. The van der Waals surface area contributed by atoms with Gasteiger partial charge in [0, 0.05) is 0 Å². The molecule has 0 saturated carbocycles. The van der Waals surface area contributed by atoms with Gasteiger partial charge in [-0.1, -0.05) is 66.2 Å². The summed E-state index contributed by atoms with van der Waals surface area (Å²) in [7, 11) is 0. The van der Waals surface area contributed by atoms with Crippen LogP contribution in [0.3, 0.4) is 0 Å². The maximum atomic E-state index is 13.3. The first-order chi connectivity index (χ1) is 14.9. The summed E-state index contributed by atoms with van der Waals surface area (Å²) in [6, 6.07) is 22.7. The molecule has 0 fully saturated rings. The Bertz CT molecular complexity index is 1300. The Labute approximate surface area is 182 Å². The normalized spacial score (nSPS) is 15.2. The second kappa shape index (κ2) is 7.24. The van der Waals surface area contributed by atoms with Gasteiger partial charge in [0.15, 0.2) is 0 Å². The van der Waals surface area contributed by atoms with Crippen LogP contribution in [0.25, 0.3) is 23.2 Å². The summed E-state index contributed by atoms with van der Waals surface area (Å²) in [6.07, 6.45) is 4.03. The van der Waals surface area contributed by atoms with Crippen LogP contribution in [-0.4, -0.2) is 15.9 Å². The molecule has 0 aliphatic carbocycles. The molecule has 4 nitrogen and oxygen atoms in total. The fourth-order valence-corrected chi connectivity index (χ4v) is 4.20. The fraction of sp³-hybridized carbons (Fsp3) is 0.185. The van der Waals surface area contributed by atoms with Gasteiger partial charge in [0.2, 0.25) is 5.91 Å². The lowest BCUT2D eigenvalue weighted by Crippen LogP contribution is -2.35. The number of nitrogens with one attached hydrogen (secondary N) is 1. The van der Waals surface area contributed by atoms with Crippen LogP contribution in [0, 0.1) is 6.92 Å². The number of carbonyl (C=O) groups is 1. The predicted molar refractivity (Wildman–Crippen MR) is 127 cm³/mol. The number of aryl methyl sites for hydroxylation is 1. The average molecular weight is 408 g/mol. The maximum absolute atomic E-state index is 13.3. The molecular formula is C27H25N3O. The van der Waals surface area contributed by atoms with E-state index in [-0.39, 0.29) is 5.91 Å². The molecule has 5 rings (SSSR count). The number of rotatable bonds is 4. The van der Waals surface area contributed by atoms with Crippen molar-refractivity contribution in [2.24, 2.45) is 0 Å². The van der Waals surface area contributed by atoms with Gasteiger partial charge in [0.05, 0.1) is 28.7 Å². The average Bonchev–Trinajstić information content (AvgIpc) is 3.25. The van der Waals surface area contributed by atoms with E-state index in [2.05, 4.69) is 54.4 Å². The van der Waals surface area contributed by atoms with Crippen LogP contribution in [0.2, 0.25) is 0 Å². The molecule has 1 N–H and O–H groups in total. The maximum Gasteiger partial charge on any atom is 0.237 e. The summed E-state index contributed by atoms with van der Waals surface area (Å²) in [6.45, 7) is 6.64. The number of aromatic nitrogens is 2. The lowest BCUT2D eigenvalue weighted by molar-refractivity contribution is -0.122. The molecule has 0 bridgehead atoms. The van der Waals surface area contributed by atoms with Crippen molar-refractivity contribution >= 4 is 34.8 Å². The molecule has 3 aromatic carbocycles. The molecule has 0 radical (unpaired) electrons. The number of H-pyrrole nitrogens is 1. The zero-order valence-corrected chi connectivity index (χ0v) is 18.0. The van der Waals surface area contributed by atoms with Crippen LogP contribution < -0.4 is 4.90 Å². The van der Waals surface area contributed by atoms with Crippen LogP contribution >= 0.6 is 0 Å². The van der Waals surface area contributed by atoms with E-state index in [0.29, 0.717) is 6.54 Å². The number of nitrogens with zero attached hydrogens (tertiary/aromatic N) is 2. The van der Waals surface area contributed by atoms with E-state index < -0.39 is 5.41 Å². The minimum absolute atomic E-state index is 0.125. The van der Waals surface area contributed by atoms with Gasteiger partial charge in [-0.05, 0) is 55.7 Å². The Hall–Kier alpha value is -3.66. The van der Waals surface area contributed by atoms with E-state index >= 15 is 0 Å². The number of imidazole rings is 1. The summed E-state index contributed by atoms with van der Waals surface area (Å²) < 4.78 is 0. The first-order valence-corrected chi connectivity index (χ1v) is 10.6. The molecule has 1 amide bonds. The van der Waals surface area contributed by atoms with Crippen molar-refractivity contribution in [1.82, 2.24) is 9.97 Å². The Kier molecular flexibility index (Phi) is 4.51. The number of aromatic amines is 1. The van der Waals surface area contributed by atoms with Crippen LogP contribution in [0.5, 0.6) is 0 Å². The number of fused-ring (bicyclic) bond motifs is 2. The first kappa shape index (κ1) is 19.3. The minimum atomic E-state index is -0.570. The van der Waals surface area contributed by atoms with Gasteiger partial charge in [-0.25, -0.2) is 4.98 Å². The van der Waals surface area contributed by atoms with Crippen molar-refractivity contribution in [3.05, 3.63) is 94.8 Å². The zero-order chi connectivity index (χ0) is 21.6. The number of anilines is 1. The Morgan fingerprint density at radius 3 is 2.48 bits per heavy atom. The molecule has 0 saturated heterocycles. The van der Waals surface area contributed by atoms with E-state index in [1.807, 2.05) is 55.2 Å². The van der Waals surface area contributed by atoms with Gasteiger partial charge in [-0.15, -0.1) is 0 Å². The van der Waals surface area contributed by atoms with Crippen molar-refractivity contribution < 1.29 is 4.79 Å². The third-order valence-corrected chi connectivity index (χ3v) is 6.06. The first-order valence-electron chi connectivity index (χ1n) is 10.6. The summed E-state index contributed by atoms with van der Waals surface area (Å²) >= 11 is 0. The number of hydrogen-bond donors (Lipinski definition) is 1. The second-order valence-corrected chi connectivity index (χ2v) is 8.75. The summed E-state index contributed by atoms with van der Waals surface area (Å²) in [5, 5.41) is 0. The van der Waals surface area contributed by atoms with Crippen LogP contribution in [0.4, 0.5) is 5.69 Å². The fourth-order valence-electron chi connectivity index (χ4n) is 4.20. The number of benzene rings is 3. The monoisotopic (exact) mass is 407 g/mol.